The lowest BCUT2D eigenvalue weighted by Gasteiger charge is -2.16. The molecule has 64 heavy (non-hydrogen) atoms. The lowest BCUT2D eigenvalue weighted by molar-refractivity contribution is 1.07. The van der Waals surface area contributed by atoms with Crippen LogP contribution < -0.4 is 0 Å². The topological polar surface area (TPSA) is 48.5 Å². The van der Waals surface area contributed by atoms with Crippen molar-refractivity contribution in [3.05, 3.63) is 236 Å². The molecule has 0 amide bonds. The number of fused-ring (bicyclic) bond motifs is 6. The molecule has 0 unspecified atom stereocenters. The van der Waals surface area contributed by atoms with Crippen molar-refractivity contribution in [2.24, 2.45) is 0 Å². The van der Waals surface area contributed by atoms with Crippen LogP contribution in [0.3, 0.4) is 0 Å². The van der Waals surface area contributed by atoms with Gasteiger partial charge >= 0.3 is 0 Å². The fourth-order valence-electron chi connectivity index (χ4n) is 9.12. The zero-order chi connectivity index (χ0) is 42.4. The maximum Gasteiger partial charge on any atom is 0.164 e. The van der Waals surface area contributed by atoms with Crippen molar-refractivity contribution in [1.82, 2.24) is 24.1 Å². The van der Waals surface area contributed by atoms with Crippen LogP contribution in [-0.2, 0) is 0 Å². The number of benzene rings is 9. The van der Waals surface area contributed by atoms with Gasteiger partial charge in [0.15, 0.2) is 17.5 Å². The highest BCUT2D eigenvalue weighted by Crippen LogP contribution is 2.38. The smallest absolute Gasteiger partial charge is 0.164 e. The van der Waals surface area contributed by atoms with Gasteiger partial charge < -0.3 is 9.13 Å². The summed E-state index contributed by atoms with van der Waals surface area (Å²) in [7, 11) is 0. The molecule has 0 N–H and O–H groups in total. The minimum atomic E-state index is 0.586. The third-order valence-corrected chi connectivity index (χ3v) is 12.1. The van der Waals surface area contributed by atoms with Gasteiger partial charge in [-0.1, -0.05) is 188 Å². The summed E-state index contributed by atoms with van der Waals surface area (Å²) in [5, 5.41) is 4.80. The van der Waals surface area contributed by atoms with E-state index in [1.54, 1.807) is 0 Å². The molecule has 0 atom stereocenters. The second-order valence-corrected chi connectivity index (χ2v) is 16.1. The van der Waals surface area contributed by atoms with Crippen LogP contribution in [0.25, 0.3) is 112 Å². The molecule has 0 saturated heterocycles. The van der Waals surface area contributed by atoms with Gasteiger partial charge in [0, 0.05) is 49.6 Å². The van der Waals surface area contributed by atoms with Crippen LogP contribution in [0.1, 0.15) is 11.1 Å². The minimum absolute atomic E-state index is 0.586. The first-order valence-electron chi connectivity index (χ1n) is 21.6. The lowest BCUT2D eigenvalue weighted by atomic mass is 10.0. The van der Waals surface area contributed by atoms with Gasteiger partial charge in [-0.05, 0) is 70.8 Å². The van der Waals surface area contributed by atoms with E-state index >= 15 is 0 Å². The van der Waals surface area contributed by atoms with E-state index in [2.05, 4.69) is 234 Å². The van der Waals surface area contributed by atoms with E-state index in [0.29, 0.717) is 17.5 Å². The molecule has 3 heterocycles. The molecule has 0 spiro atoms. The molecule has 0 radical (unpaired) electrons. The molecule has 0 fully saturated rings. The summed E-state index contributed by atoms with van der Waals surface area (Å²) in [5.74, 6) is 1.79. The molecule has 300 valence electrons. The quantitative estimate of drug-likeness (QED) is 0.144. The predicted molar refractivity (Wildman–Crippen MR) is 266 cm³/mol. The van der Waals surface area contributed by atoms with Gasteiger partial charge in [-0.25, -0.2) is 15.0 Å². The zero-order valence-electron chi connectivity index (χ0n) is 34.8. The first-order valence-corrected chi connectivity index (χ1v) is 21.6. The number of hydrogen-bond acceptors (Lipinski definition) is 3. The molecule has 5 heteroatoms. The van der Waals surface area contributed by atoms with Gasteiger partial charge in [0.05, 0.1) is 22.1 Å². The molecule has 3 aromatic heterocycles. The van der Waals surface area contributed by atoms with Gasteiger partial charge in [-0.2, -0.15) is 0 Å². The van der Waals surface area contributed by atoms with Gasteiger partial charge in [-0.15, -0.1) is 0 Å². The largest absolute Gasteiger partial charge is 0.309 e. The van der Waals surface area contributed by atoms with E-state index in [1.807, 2.05) is 12.1 Å². The predicted octanol–water partition coefficient (Wildman–Crippen LogP) is 14.9. The molecule has 12 rings (SSSR count). The summed E-state index contributed by atoms with van der Waals surface area (Å²) in [6.45, 7) is 0. The zero-order valence-corrected chi connectivity index (χ0v) is 34.8. The van der Waals surface area contributed by atoms with E-state index in [-0.39, 0.29) is 0 Å². The van der Waals surface area contributed by atoms with Crippen molar-refractivity contribution >= 4 is 55.8 Å². The normalized spacial score (nSPS) is 11.7. The standard InChI is InChI=1S/C59H39N5/c1-3-16-40(17-4-1)30-31-41-32-34-43(35-33-41)57-60-58(45-21-15-20-44(36-45)42-18-5-2-6-19-42)62-59(61-57)46-37-47(63-53-26-11-7-22-49(53)50-23-8-12-27-54(50)63)39-48(38-46)64-55-28-13-9-24-51(55)52-25-10-14-29-56(52)64/h1-39H. The van der Waals surface area contributed by atoms with Crippen molar-refractivity contribution in [2.45, 2.75) is 0 Å². The Kier molecular flexibility index (Phi) is 9.08. The van der Waals surface area contributed by atoms with Crippen molar-refractivity contribution in [2.75, 3.05) is 0 Å². The maximum atomic E-state index is 5.36. The molecule has 9 aromatic carbocycles. The Labute approximate surface area is 370 Å². The minimum Gasteiger partial charge on any atom is -0.309 e. The molecule has 0 aliphatic carbocycles. The fraction of sp³-hybridized carbons (Fsp3) is 0. The van der Waals surface area contributed by atoms with Gasteiger partial charge in [-0.3, -0.25) is 0 Å². The third-order valence-electron chi connectivity index (χ3n) is 12.1. The Balaban J connectivity index is 1.10. The van der Waals surface area contributed by atoms with E-state index in [1.165, 1.54) is 21.5 Å². The van der Waals surface area contributed by atoms with E-state index in [4.69, 9.17) is 15.0 Å². The molecule has 12 aromatic rings. The number of hydrogen-bond donors (Lipinski definition) is 0. The summed E-state index contributed by atoms with van der Waals surface area (Å²) >= 11 is 0. The molecule has 0 bridgehead atoms. The highest BCUT2D eigenvalue weighted by Gasteiger charge is 2.20. The molecule has 0 aliphatic rings. The number of rotatable bonds is 8. The van der Waals surface area contributed by atoms with Crippen molar-refractivity contribution in [3.63, 3.8) is 0 Å². The molecule has 5 nitrogen and oxygen atoms in total. The van der Waals surface area contributed by atoms with E-state index < -0.39 is 0 Å². The van der Waals surface area contributed by atoms with Crippen molar-refractivity contribution in [1.29, 1.82) is 0 Å². The van der Waals surface area contributed by atoms with Gasteiger partial charge in [0.2, 0.25) is 0 Å². The Morgan fingerprint density at radius 3 is 1.17 bits per heavy atom. The molecule has 0 saturated carbocycles. The lowest BCUT2D eigenvalue weighted by Crippen LogP contribution is -2.03. The first kappa shape index (κ1) is 37.1. The van der Waals surface area contributed by atoms with E-state index in [9.17, 15) is 0 Å². The highest BCUT2D eigenvalue weighted by molar-refractivity contribution is 6.10. The fourth-order valence-corrected chi connectivity index (χ4v) is 9.12. The summed E-state index contributed by atoms with van der Waals surface area (Å²) in [5.41, 5.74) is 13.7. The second kappa shape index (κ2) is 15.7. The van der Waals surface area contributed by atoms with Crippen molar-refractivity contribution < 1.29 is 0 Å². The molecule has 0 aliphatic heterocycles. The Bertz CT molecular complexity index is 3470. The Hall–Kier alpha value is -8.67. The molecular weight excluding hydrogens is 779 g/mol. The third kappa shape index (κ3) is 6.64. The van der Waals surface area contributed by atoms with Crippen LogP contribution in [0.5, 0.6) is 0 Å². The SMILES string of the molecule is C(=Cc1ccc(-c2nc(-c3cccc(-c4ccccc4)c3)nc(-c3cc(-n4c5ccccc5c5ccccc54)cc(-n4c5ccccc5c5ccccc54)c3)n2)cc1)c1ccccc1. The second-order valence-electron chi connectivity index (χ2n) is 16.1. The number of aromatic nitrogens is 5. The molecular formula is C59H39N5. The maximum absolute atomic E-state index is 5.36. The Morgan fingerprint density at radius 2 is 0.656 bits per heavy atom. The van der Waals surface area contributed by atoms with Crippen LogP contribution in [0.2, 0.25) is 0 Å². The average Bonchev–Trinajstić information content (AvgIpc) is 3.89. The van der Waals surface area contributed by atoms with Gasteiger partial charge in [0.1, 0.15) is 0 Å². The van der Waals surface area contributed by atoms with Crippen LogP contribution in [-0.4, -0.2) is 24.1 Å². The van der Waals surface area contributed by atoms with Crippen LogP contribution in [0.4, 0.5) is 0 Å². The number of para-hydroxylation sites is 4. The van der Waals surface area contributed by atoms with Crippen LogP contribution in [0.15, 0.2) is 224 Å². The summed E-state index contributed by atoms with van der Waals surface area (Å²) in [6, 6.07) is 79.1. The van der Waals surface area contributed by atoms with Gasteiger partial charge in [0.25, 0.3) is 0 Å². The van der Waals surface area contributed by atoms with Crippen LogP contribution >= 0.6 is 0 Å². The summed E-state index contributed by atoms with van der Waals surface area (Å²) in [6.07, 6.45) is 4.27. The van der Waals surface area contributed by atoms with E-state index in [0.717, 1.165) is 72.4 Å². The summed E-state index contributed by atoms with van der Waals surface area (Å²) < 4.78 is 4.75. The number of nitrogens with zero attached hydrogens (tertiary/aromatic N) is 5. The summed E-state index contributed by atoms with van der Waals surface area (Å²) in [4.78, 5) is 15.9. The first-order chi connectivity index (χ1) is 31.7. The monoisotopic (exact) mass is 817 g/mol. The van der Waals surface area contributed by atoms with Crippen molar-refractivity contribution in [3.8, 4) is 56.7 Å². The van der Waals surface area contributed by atoms with Crippen LogP contribution in [0, 0.1) is 0 Å². The highest BCUT2D eigenvalue weighted by atomic mass is 15.0. The Morgan fingerprint density at radius 1 is 0.266 bits per heavy atom. The average molecular weight is 818 g/mol.